The number of nitrogens with zero attached hydrogens (tertiary/aromatic N) is 2. The van der Waals surface area contributed by atoms with Gasteiger partial charge in [-0.15, -0.1) is 0 Å². The van der Waals surface area contributed by atoms with Gasteiger partial charge >= 0.3 is 0 Å². The Balaban J connectivity index is 2.08. The predicted molar refractivity (Wildman–Crippen MR) is 101 cm³/mol. The number of benzene rings is 1. The van der Waals surface area contributed by atoms with E-state index in [0.717, 1.165) is 17.7 Å². The molecule has 0 unspecified atom stereocenters. The number of carbonyl (C=O) groups excluding carboxylic acids is 1. The summed E-state index contributed by atoms with van der Waals surface area (Å²) in [7, 11) is 1.67. The maximum atomic E-state index is 13.1. The van der Waals surface area contributed by atoms with Gasteiger partial charge in [0, 0.05) is 45.1 Å². The first-order valence-corrected chi connectivity index (χ1v) is 9.14. The molecular weight excluding hydrogens is 331 g/mol. The molecule has 0 aliphatic carbocycles. The van der Waals surface area contributed by atoms with Crippen molar-refractivity contribution in [3.63, 3.8) is 0 Å². The zero-order chi connectivity index (χ0) is 18.9. The molecule has 0 bridgehead atoms. The minimum absolute atomic E-state index is 0.172. The number of ether oxygens (including phenoxy) is 1. The lowest BCUT2D eigenvalue weighted by Crippen LogP contribution is -2.33. The fourth-order valence-corrected chi connectivity index (χ4v) is 2.90. The number of methoxy groups -OCH3 is 1. The van der Waals surface area contributed by atoms with Crippen LogP contribution >= 0.6 is 0 Å². The first-order chi connectivity index (χ1) is 12.5. The summed E-state index contributed by atoms with van der Waals surface area (Å²) in [6.45, 7) is 6.67. The summed E-state index contributed by atoms with van der Waals surface area (Å²) in [6, 6.07) is 10.6. The second-order valence-electron chi connectivity index (χ2n) is 7.01. The van der Waals surface area contributed by atoms with Crippen molar-refractivity contribution < 1.29 is 13.9 Å². The Morgan fingerprint density at radius 2 is 1.96 bits per heavy atom. The van der Waals surface area contributed by atoms with E-state index >= 15 is 0 Å². The smallest absolute Gasteiger partial charge is 0.223 e. The highest BCUT2D eigenvalue weighted by atomic mass is 19.1. The zero-order valence-corrected chi connectivity index (χ0v) is 16.0. The van der Waals surface area contributed by atoms with Gasteiger partial charge in [-0.2, -0.15) is 0 Å². The lowest BCUT2D eigenvalue weighted by Gasteiger charge is -2.24. The normalized spacial score (nSPS) is 11.1. The van der Waals surface area contributed by atoms with E-state index in [4.69, 9.17) is 4.74 Å². The van der Waals surface area contributed by atoms with Gasteiger partial charge in [0.1, 0.15) is 5.82 Å². The van der Waals surface area contributed by atoms with Crippen molar-refractivity contribution in [3.05, 3.63) is 59.7 Å². The van der Waals surface area contributed by atoms with Crippen LogP contribution in [0.2, 0.25) is 0 Å². The van der Waals surface area contributed by atoms with Crippen LogP contribution < -0.4 is 0 Å². The molecule has 0 radical (unpaired) electrons. The molecule has 2 aromatic rings. The monoisotopic (exact) mass is 360 g/mol. The molecule has 0 saturated carbocycles. The van der Waals surface area contributed by atoms with Gasteiger partial charge in [0.15, 0.2) is 0 Å². The number of amides is 1. The van der Waals surface area contributed by atoms with Gasteiger partial charge in [-0.1, -0.05) is 26.0 Å². The standard InChI is InChI=1S/C21H29FN2O2/c1-17(2)14-21(25)24(12-5-13-26-3)16-20-6-4-11-23(20)15-18-7-9-19(22)10-8-18/h4,6-11,17H,5,12-16H2,1-3H3. The van der Waals surface area contributed by atoms with Crippen molar-refractivity contribution in [1.82, 2.24) is 9.47 Å². The van der Waals surface area contributed by atoms with Crippen molar-refractivity contribution in [2.75, 3.05) is 20.3 Å². The SMILES string of the molecule is COCCCN(Cc1cccn1Cc1ccc(F)cc1)C(=O)CC(C)C. The summed E-state index contributed by atoms with van der Waals surface area (Å²) in [6.07, 6.45) is 3.36. The van der Waals surface area contributed by atoms with Crippen LogP contribution in [0.25, 0.3) is 0 Å². The maximum absolute atomic E-state index is 13.1. The molecule has 26 heavy (non-hydrogen) atoms. The van der Waals surface area contributed by atoms with Crippen LogP contribution in [0.4, 0.5) is 4.39 Å². The lowest BCUT2D eigenvalue weighted by molar-refractivity contribution is -0.132. The molecule has 0 N–H and O–H groups in total. The first kappa shape index (κ1) is 20.2. The Morgan fingerprint density at radius 1 is 1.23 bits per heavy atom. The van der Waals surface area contributed by atoms with E-state index in [1.165, 1.54) is 12.1 Å². The summed E-state index contributed by atoms with van der Waals surface area (Å²) < 4.78 is 20.3. The van der Waals surface area contributed by atoms with Crippen molar-refractivity contribution in [2.45, 2.75) is 39.8 Å². The van der Waals surface area contributed by atoms with Gasteiger partial charge in [0.25, 0.3) is 0 Å². The van der Waals surface area contributed by atoms with Crippen LogP contribution in [0.15, 0.2) is 42.6 Å². The van der Waals surface area contributed by atoms with Crippen LogP contribution in [0.1, 0.15) is 37.9 Å². The van der Waals surface area contributed by atoms with E-state index in [2.05, 4.69) is 18.4 Å². The number of carbonyl (C=O) groups is 1. The van der Waals surface area contributed by atoms with Gasteiger partial charge < -0.3 is 14.2 Å². The predicted octanol–water partition coefficient (Wildman–Crippen LogP) is 4.09. The fraction of sp³-hybridized carbons (Fsp3) is 0.476. The second kappa shape index (κ2) is 10.1. The molecule has 0 aliphatic heterocycles. The van der Waals surface area contributed by atoms with E-state index in [1.54, 1.807) is 19.2 Å². The number of aromatic nitrogens is 1. The second-order valence-corrected chi connectivity index (χ2v) is 7.01. The van der Waals surface area contributed by atoms with E-state index in [0.29, 0.717) is 38.6 Å². The van der Waals surface area contributed by atoms with Crippen molar-refractivity contribution in [1.29, 1.82) is 0 Å². The van der Waals surface area contributed by atoms with E-state index < -0.39 is 0 Å². The van der Waals surface area contributed by atoms with Crippen molar-refractivity contribution in [3.8, 4) is 0 Å². The first-order valence-electron chi connectivity index (χ1n) is 9.14. The number of rotatable bonds is 10. The quantitative estimate of drug-likeness (QED) is 0.598. The molecular formula is C21H29FN2O2. The third-order valence-electron chi connectivity index (χ3n) is 4.25. The minimum atomic E-state index is -0.231. The molecule has 1 heterocycles. The van der Waals surface area contributed by atoms with Gasteiger partial charge in [0.2, 0.25) is 5.91 Å². The fourth-order valence-electron chi connectivity index (χ4n) is 2.90. The molecule has 0 saturated heterocycles. The molecule has 1 aromatic carbocycles. The van der Waals surface area contributed by atoms with Crippen LogP contribution in [0.5, 0.6) is 0 Å². The summed E-state index contributed by atoms with van der Waals surface area (Å²) >= 11 is 0. The Labute approximate surface area is 155 Å². The number of hydrogen-bond donors (Lipinski definition) is 0. The van der Waals surface area contributed by atoms with Gasteiger partial charge in [-0.25, -0.2) is 4.39 Å². The molecule has 0 aliphatic rings. The average Bonchev–Trinajstić information content (AvgIpc) is 3.02. The summed E-state index contributed by atoms with van der Waals surface area (Å²) in [5, 5.41) is 0. The van der Waals surface area contributed by atoms with Gasteiger partial charge in [-0.05, 0) is 42.2 Å². The topological polar surface area (TPSA) is 34.5 Å². The van der Waals surface area contributed by atoms with E-state index in [-0.39, 0.29) is 11.7 Å². The van der Waals surface area contributed by atoms with E-state index in [1.807, 2.05) is 23.2 Å². The highest BCUT2D eigenvalue weighted by molar-refractivity contribution is 5.76. The number of hydrogen-bond acceptors (Lipinski definition) is 2. The largest absolute Gasteiger partial charge is 0.385 e. The molecule has 2 rings (SSSR count). The summed E-state index contributed by atoms with van der Waals surface area (Å²) in [5.74, 6) is 0.272. The molecule has 0 atom stereocenters. The zero-order valence-electron chi connectivity index (χ0n) is 16.0. The Morgan fingerprint density at radius 3 is 2.62 bits per heavy atom. The molecule has 1 amide bonds. The molecule has 0 fully saturated rings. The molecule has 142 valence electrons. The van der Waals surface area contributed by atoms with Crippen molar-refractivity contribution in [2.24, 2.45) is 5.92 Å². The Kier molecular flexibility index (Phi) is 7.85. The molecule has 0 spiro atoms. The van der Waals surface area contributed by atoms with Crippen LogP contribution in [0.3, 0.4) is 0 Å². The molecule has 5 heteroatoms. The van der Waals surface area contributed by atoms with Crippen LogP contribution in [-0.2, 0) is 22.6 Å². The highest BCUT2D eigenvalue weighted by Crippen LogP contribution is 2.14. The summed E-state index contributed by atoms with van der Waals surface area (Å²) in [5.41, 5.74) is 2.10. The maximum Gasteiger partial charge on any atom is 0.223 e. The van der Waals surface area contributed by atoms with E-state index in [9.17, 15) is 9.18 Å². The molecule has 4 nitrogen and oxygen atoms in total. The number of halogens is 1. The van der Waals surface area contributed by atoms with Gasteiger partial charge in [0.05, 0.1) is 6.54 Å². The lowest BCUT2D eigenvalue weighted by atomic mass is 10.1. The molecule has 1 aromatic heterocycles. The van der Waals surface area contributed by atoms with Crippen molar-refractivity contribution >= 4 is 5.91 Å². The van der Waals surface area contributed by atoms with Gasteiger partial charge in [-0.3, -0.25) is 4.79 Å². The minimum Gasteiger partial charge on any atom is -0.385 e. The van der Waals surface area contributed by atoms with Crippen LogP contribution in [0, 0.1) is 11.7 Å². The Hall–Kier alpha value is -2.14. The van der Waals surface area contributed by atoms with Crippen LogP contribution in [-0.4, -0.2) is 35.6 Å². The summed E-state index contributed by atoms with van der Waals surface area (Å²) in [4.78, 5) is 14.5. The Bertz CT molecular complexity index is 680. The highest BCUT2D eigenvalue weighted by Gasteiger charge is 2.16. The third-order valence-corrected chi connectivity index (χ3v) is 4.25. The average molecular weight is 360 g/mol. The third kappa shape index (κ3) is 6.30.